The Hall–Kier alpha value is -1.99. The van der Waals surface area contributed by atoms with Crippen molar-refractivity contribution in [3.8, 4) is 11.5 Å². The van der Waals surface area contributed by atoms with E-state index < -0.39 is 0 Å². The summed E-state index contributed by atoms with van der Waals surface area (Å²) < 4.78 is 11.4. The number of methoxy groups -OCH3 is 1. The summed E-state index contributed by atoms with van der Waals surface area (Å²) >= 11 is 0. The third-order valence-electron chi connectivity index (χ3n) is 5.07. The highest BCUT2D eigenvalue weighted by atomic mass is 35.5. The largest absolute Gasteiger partial charge is 0.497 e. The van der Waals surface area contributed by atoms with E-state index in [0.29, 0.717) is 36.1 Å². The smallest absolute Gasteiger partial charge is 0.255 e. The van der Waals surface area contributed by atoms with Gasteiger partial charge in [-0.1, -0.05) is 0 Å². The Morgan fingerprint density at radius 1 is 1.14 bits per heavy atom. The molecule has 28 heavy (non-hydrogen) atoms. The van der Waals surface area contributed by atoms with Crippen LogP contribution in [-0.2, 0) is 4.79 Å². The lowest BCUT2D eigenvalue weighted by Gasteiger charge is -2.32. The number of likely N-dealkylation sites (tertiary alicyclic amines) is 1. The van der Waals surface area contributed by atoms with Crippen LogP contribution >= 0.6 is 12.4 Å². The van der Waals surface area contributed by atoms with Crippen molar-refractivity contribution in [1.82, 2.24) is 15.5 Å². The molecule has 1 saturated heterocycles. The number of ether oxygens (including phenoxy) is 2. The molecule has 1 aliphatic heterocycles. The summed E-state index contributed by atoms with van der Waals surface area (Å²) in [6.07, 6.45) is 3.64. The molecule has 0 bridgehead atoms. The highest BCUT2D eigenvalue weighted by Gasteiger charge is 2.35. The van der Waals surface area contributed by atoms with Gasteiger partial charge in [0.25, 0.3) is 5.91 Å². The fourth-order valence-corrected chi connectivity index (χ4v) is 3.27. The Morgan fingerprint density at radius 3 is 2.46 bits per heavy atom. The van der Waals surface area contributed by atoms with Crippen molar-refractivity contribution < 1.29 is 19.1 Å². The van der Waals surface area contributed by atoms with Crippen LogP contribution in [0.25, 0.3) is 0 Å². The summed E-state index contributed by atoms with van der Waals surface area (Å²) in [5, 5.41) is 5.88. The van der Waals surface area contributed by atoms with Crippen LogP contribution in [0.1, 0.15) is 36.0 Å². The molecule has 0 unspecified atom stereocenters. The first-order valence-electron chi connectivity index (χ1n) is 9.68. The summed E-state index contributed by atoms with van der Waals surface area (Å²) in [5.74, 6) is 1.55. The Labute approximate surface area is 172 Å². The first kappa shape index (κ1) is 22.3. The third kappa shape index (κ3) is 5.75. The fourth-order valence-electron chi connectivity index (χ4n) is 3.27. The number of rotatable bonds is 8. The standard InChI is InChI=1S/C20H29N3O4.ClH/c1-21-9-10-22-19(24)17-13-16(26-2)5-6-18(17)27-15-7-11-23(12-8-15)20(25)14-3-4-14;/h5-6,13-15,21H,3-4,7-12H2,1-2H3,(H,22,24);1H. The number of nitrogens with zero attached hydrogens (tertiary/aromatic N) is 1. The van der Waals surface area contributed by atoms with Crippen molar-refractivity contribution in [3.63, 3.8) is 0 Å². The van der Waals surface area contributed by atoms with E-state index in [4.69, 9.17) is 9.47 Å². The number of amides is 2. The highest BCUT2D eigenvalue weighted by molar-refractivity contribution is 5.97. The molecule has 0 radical (unpaired) electrons. The number of carbonyl (C=O) groups excluding carboxylic acids is 2. The molecule has 0 spiro atoms. The number of likely N-dealkylation sites (N-methyl/N-ethyl adjacent to an activating group) is 1. The Bertz CT molecular complexity index is 673. The molecular formula is C20H30ClN3O4. The molecule has 2 fully saturated rings. The van der Waals surface area contributed by atoms with Crippen LogP contribution in [0.5, 0.6) is 11.5 Å². The van der Waals surface area contributed by atoms with E-state index in [2.05, 4.69) is 10.6 Å². The van der Waals surface area contributed by atoms with Gasteiger partial charge in [-0.2, -0.15) is 0 Å². The van der Waals surface area contributed by atoms with Crippen molar-refractivity contribution >= 4 is 24.2 Å². The molecule has 1 aromatic rings. The minimum Gasteiger partial charge on any atom is -0.497 e. The van der Waals surface area contributed by atoms with Gasteiger partial charge in [-0.25, -0.2) is 0 Å². The van der Waals surface area contributed by atoms with Gasteiger partial charge in [-0.3, -0.25) is 9.59 Å². The molecule has 3 rings (SSSR count). The summed E-state index contributed by atoms with van der Waals surface area (Å²) in [6.45, 7) is 2.67. The van der Waals surface area contributed by atoms with Crippen LogP contribution in [0.3, 0.4) is 0 Å². The first-order valence-corrected chi connectivity index (χ1v) is 9.68. The van der Waals surface area contributed by atoms with Gasteiger partial charge in [0, 0.05) is 44.9 Å². The van der Waals surface area contributed by atoms with E-state index in [-0.39, 0.29) is 30.3 Å². The number of carbonyl (C=O) groups is 2. The Morgan fingerprint density at radius 2 is 1.86 bits per heavy atom. The number of hydrogen-bond acceptors (Lipinski definition) is 5. The third-order valence-corrected chi connectivity index (χ3v) is 5.07. The van der Waals surface area contributed by atoms with Gasteiger partial charge in [-0.15, -0.1) is 12.4 Å². The highest BCUT2D eigenvalue weighted by Crippen LogP contribution is 2.32. The lowest BCUT2D eigenvalue weighted by Crippen LogP contribution is -2.42. The van der Waals surface area contributed by atoms with Crippen LogP contribution in [0.2, 0.25) is 0 Å². The van der Waals surface area contributed by atoms with Crippen LogP contribution in [0.15, 0.2) is 18.2 Å². The second kappa shape index (κ2) is 10.5. The zero-order valence-corrected chi connectivity index (χ0v) is 17.3. The van der Waals surface area contributed by atoms with Crippen LogP contribution in [0, 0.1) is 5.92 Å². The molecule has 2 amide bonds. The predicted molar refractivity (Wildman–Crippen MR) is 109 cm³/mol. The summed E-state index contributed by atoms with van der Waals surface area (Å²) in [7, 11) is 3.41. The molecule has 2 aliphatic rings. The maximum Gasteiger partial charge on any atom is 0.255 e. The topological polar surface area (TPSA) is 79.9 Å². The van der Waals surface area contributed by atoms with Crippen molar-refractivity contribution in [2.45, 2.75) is 31.8 Å². The summed E-state index contributed by atoms with van der Waals surface area (Å²) in [4.78, 5) is 26.7. The number of hydrogen-bond donors (Lipinski definition) is 2. The minimum atomic E-state index is -0.180. The van der Waals surface area contributed by atoms with Crippen molar-refractivity contribution in [2.24, 2.45) is 5.92 Å². The lowest BCUT2D eigenvalue weighted by atomic mass is 10.1. The maximum atomic E-state index is 12.5. The quantitative estimate of drug-likeness (QED) is 0.638. The van der Waals surface area contributed by atoms with Crippen molar-refractivity contribution in [1.29, 1.82) is 0 Å². The van der Waals surface area contributed by atoms with E-state index in [1.54, 1.807) is 25.3 Å². The molecule has 1 aliphatic carbocycles. The number of benzene rings is 1. The average Bonchev–Trinajstić information content (AvgIpc) is 3.54. The molecule has 1 saturated carbocycles. The van der Waals surface area contributed by atoms with Crippen molar-refractivity contribution in [3.05, 3.63) is 23.8 Å². The number of piperidine rings is 1. The van der Waals surface area contributed by atoms with Gasteiger partial charge in [0.05, 0.1) is 12.7 Å². The van der Waals surface area contributed by atoms with E-state index in [1.807, 2.05) is 11.9 Å². The Kier molecular flexibility index (Phi) is 8.38. The molecule has 8 heteroatoms. The SMILES string of the molecule is CNCCNC(=O)c1cc(OC)ccc1OC1CCN(C(=O)C2CC2)CC1.Cl. The van der Waals surface area contributed by atoms with E-state index in [9.17, 15) is 9.59 Å². The first-order chi connectivity index (χ1) is 13.1. The van der Waals surface area contributed by atoms with Gasteiger partial charge in [0.1, 0.15) is 17.6 Å². The normalized spacial score (nSPS) is 16.9. The molecule has 0 atom stereocenters. The van der Waals surface area contributed by atoms with Gasteiger partial charge >= 0.3 is 0 Å². The van der Waals surface area contributed by atoms with Gasteiger partial charge in [0.2, 0.25) is 5.91 Å². The van der Waals surface area contributed by atoms with Gasteiger partial charge in [0.15, 0.2) is 0 Å². The Balaban J connectivity index is 0.00000280. The molecule has 0 aromatic heterocycles. The molecule has 7 nitrogen and oxygen atoms in total. The van der Waals surface area contributed by atoms with E-state index >= 15 is 0 Å². The number of nitrogens with one attached hydrogen (secondary N) is 2. The van der Waals surface area contributed by atoms with Crippen molar-refractivity contribution in [2.75, 3.05) is 40.3 Å². The van der Waals surface area contributed by atoms with E-state index in [1.165, 1.54) is 0 Å². The summed E-state index contributed by atoms with van der Waals surface area (Å²) in [6, 6.07) is 5.29. The fraction of sp³-hybridized carbons (Fsp3) is 0.600. The molecule has 2 N–H and O–H groups in total. The minimum absolute atomic E-state index is 0. The lowest BCUT2D eigenvalue weighted by molar-refractivity contribution is -0.134. The average molecular weight is 412 g/mol. The summed E-state index contributed by atoms with van der Waals surface area (Å²) in [5.41, 5.74) is 0.474. The van der Waals surface area contributed by atoms with Crippen LogP contribution < -0.4 is 20.1 Å². The predicted octanol–water partition coefficient (Wildman–Crippen LogP) is 1.85. The second-order valence-corrected chi connectivity index (χ2v) is 7.14. The maximum absolute atomic E-state index is 12.5. The molecule has 1 aromatic carbocycles. The van der Waals surface area contributed by atoms with Gasteiger partial charge < -0.3 is 25.0 Å². The van der Waals surface area contributed by atoms with Crippen LogP contribution in [0.4, 0.5) is 0 Å². The molecular weight excluding hydrogens is 382 g/mol. The van der Waals surface area contributed by atoms with Gasteiger partial charge in [-0.05, 0) is 38.1 Å². The monoisotopic (exact) mass is 411 g/mol. The molecule has 1 heterocycles. The second-order valence-electron chi connectivity index (χ2n) is 7.14. The zero-order chi connectivity index (χ0) is 19.2. The number of halogens is 1. The van der Waals surface area contributed by atoms with E-state index in [0.717, 1.165) is 38.8 Å². The van der Waals surface area contributed by atoms with Crippen LogP contribution in [-0.4, -0.2) is 63.2 Å². The molecule has 156 valence electrons. The zero-order valence-electron chi connectivity index (χ0n) is 16.5.